The van der Waals surface area contributed by atoms with E-state index in [2.05, 4.69) is 34.6 Å². The van der Waals surface area contributed by atoms with E-state index in [0.29, 0.717) is 13.2 Å². The molecule has 4 aromatic rings. The summed E-state index contributed by atoms with van der Waals surface area (Å²) in [5.41, 5.74) is 2.89. The predicted molar refractivity (Wildman–Crippen MR) is 96.7 cm³/mol. The summed E-state index contributed by atoms with van der Waals surface area (Å²) < 4.78 is 7.12. The van der Waals surface area contributed by atoms with Gasteiger partial charge in [-0.05, 0) is 30.5 Å². The molecule has 122 valence electrons. The van der Waals surface area contributed by atoms with Crippen LogP contribution in [0.2, 0.25) is 0 Å². The quantitative estimate of drug-likeness (QED) is 0.565. The summed E-state index contributed by atoms with van der Waals surface area (Å²) in [5, 5.41) is 15.2. The molecule has 0 spiro atoms. The van der Waals surface area contributed by atoms with Crippen molar-refractivity contribution in [2.75, 3.05) is 25.6 Å². The summed E-state index contributed by atoms with van der Waals surface area (Å²) in [6.07, 6.45) is 0. The first-order valence-electron chi connectivity index (χ1n) is 7.70. The molecule has 0 aliphatic carbocycles. The maximum absolute atomic E-state index is 5.13. The largest absolute Gasteiger partial charge is 0.383 e. The van der Waals surface area contributed by atoms with Gasteiger partial charge in [-0.2, -0.15) is 0 Å². The third kappa shape index (κ3) is 2.51. The molecule has 0 bridgehead atoms. The predicted octanol–water partition coefficient (Wildman–Crippen LogP) is 3.37. The molecule has 0 fully saturated rings. The second-order valence-corrected chi connectivity index (χ2v) is 6.48. The minimum Gasteiger partial charge on any atom is -0.383 e. The van der Waals surface area contributed by atoms with Crippen LogP contribution in [0.1, 0.15) is 5.56 Å². The molecule has 1 aromatic carbocycles. The molecule has 0 saturated heterocycles. The van der Waals surface area contributed by atoms with E-state index in [1.54, 1.807) is 18.4 Å². The molecule has 0 saturated carbocycles. The van der Waals surface area contributed by atoms with Crippen molar-refractivity contribution in [3.8, 4) is 10.7 Å². The highest BCUT2D eigenvalue weighted by Crippen LogP contribution is 2.29. The van der Waals surface area contributed by atoms with Gasteiger partial charge in [0.15, 0.2) is 11.5 Å². The van der Waals surface area contributed by atoms with Crippen LogP contribution in [0.25, 0.3) is 27.3 Å². The molecule has 0 aliphatic rings. The van der Waals surface area contributed by atoms with Crippen LogP contribution in [-0.4, -0.2) is 39.8 Å². The van der Waals surface area contributed by atoms with Crippen molar-refractivity contribution in [3.05, 3.63) is 41.3 Å². The zero-order valence-corrected chi connectivity index (χ0v) is 14.3. The summed E-state index contributed by atoms with van der Waals surface area (Å²) in [4.78, 5) is 5.84. The number of aryl methyl sites for hydroxylation is 1. The third-order valence-electron chi connectivity index (χ3n) is 3.83. The van der Waals surface area contributed by atoms with Crippen LogP contribution >= 0.6 is 11.3 Å². The van der Waals surface area contributed by atoms with Gasteiger partial charge in [-0.25, -0.2) is 9.38 Å². The van der Waals surface area contributed by atoms with E-state index >= 15 is 0 Å². The number of hydrogen-bond donors (Lipinski definition) is 1. The van der Waals surface area contributed by atoms with E-state index < -0.39 is 0 Å². The monoisotopic (exact) mass is 339 g/mol. The molecule has 24 heavy (non-hydrogen) atoms. The Balaban J connectivity index is 1.98. The third-order valence-corrected chi connectivity index (χ3v) is 4.69. The van der Waals surface area contributed by atoms with Gasteiger partial charge in [0, 0.05) is 19.0 Å². The number of benzene rings is 1. The maximum atomic E-state index is 5.13. The van der Waals surface area contributed by atoms with Crippen molar-refractivity contribution in [1.29, 1.82) is 0 Å². The van der Waals surface area contributed by atoms with Gasteiger partial charge >= 0.3 is 0 Å². The first kappa shape index (κ1) is 15.0. The van der Waals surface area contributed by atoms with E-state index in [9.17, 15) is 0 Å². The lowest BCUT2D eigenvalue weighted by molar-refractivity contribution is 0.210. The summed E-state index contributed by atoms with van der Waals surface area (Å²) in [5.74, 6) is 1.53. The zero-order chi connectivity index (χ0) is 16.5. The van der Waals surface area contributed by atoms with Crippen molar-refractivity contribution in [3.63, 3.8) is 0 Å². The van der Waals surface area contributed by atoms with E-state index in [0.717, 1.165) is 33.2 Å². The Hall–Kier alpha value is -2.51. The van der Waals surface area contributed by atoms with Crippen LogP contribution < -0.4 is 5.32 Å². The smallest absolute Gasteiger partial charge is 0.211 e. The fourth-order valence-corrected chi connectivity index (χ4v) is 3.40. The minimum absolute atomic E-state index is 0.603. The maximum Gasteiger partial charge on any atom is 0.211 e. The highest BCUT2D eigenvalue weighted by Gasteiger charge is 2.16. The van der Waals surface area contributed by atoms with Crippen LogP contribution in [0.15, 0.2) is 35.7 Å². The van der Waals surface area contributed by atoms with Gasteiger partial charge in [0.05, 0.1) is 17.0 Å². The molecule has 0 radical (unpaired) electrons. The number of fused-ring (bicyclic) bond motifs is 3. The van der Waals surface area contributed by atoms with Crippen LogP contribution in [0, 0.1) is 6.92 Å². The van der Waals surface area contributed by atoms with Crippen molar-refractivity contribution >= 4 is 33.8 Å². The van der Waals surface area contributed by atoms with Gasteiger partial charge in [-0.3, -0.25) is 0 Å². The lowest BCUT2D eigenvalue weighted by Gasteiger charge is -2.11. The highest BCUT2D eigenvalue weighted by atomic mass is 32.1. The number of hydrogen-bond acceptors (Lipinski definition) is 6. The molecular weight excluding hydrogens is 322 g/mol. The first-order valence-corrected chi connectivity index (χ1v) is 8.58. The molecule has 0 unspecified atom stereocenters. The van der Waals surface area contributed by atoms with E-state index in [1.807, 2.05) is 28.0 Å². The highest BCUT2D eigenvalue weighted by molar-refractivity contribution is 7.13. The fraction of sp³-hybridized carbons (Fsp3) is 0.235. The lowest BCUT2D eigenvalue weighted by Crippen LogP contribution is -2.12. The van der Waals surface area contributed by atoms with Crippen LogP contribution in [-0.2, 0) is 4.74 Å². The van der Waals surface area contributed by atoms with Gasteiger partial charge in [0.1, 0.15) is 0 Å². The Morgan fingerprint density at radius 1 is 1.25 bits per heavy atom. The lowest BCUT2D eigenvalue weighted by atomic mass is 10.1. The molecule has 6 nitrogen and oxygen atoms in total. The number of aromatic nitrogens is 4. The van der Waals surface area contributed by atoms with Gasteiger partial charge in [0.2, 0.25) is 5.95 Å². The second kappa shape index (κ2) is 6.18. The van der Waals surface area contributed by atoms with Crippen molar-refractivity contribution < 1.29 is 4.74 Å². The van der Waals surface area contributed by atoms with Crippen molar-refractivity contribution in [1.82, 2.24) is 19.6 Å². The standard InChI is InChI=1S/C17H17N5OS/c1-11-5-6-13-12(10-11)15-20-21-16(14-4-3-9-24-14)22(15)17(19-13)18-7-8-23-2/h3-6,9-10H,7-8H2,1-2H3,(H,18,19). The number of ether oxygens (including phenoxy) is 1. The molecule has 3 heterocycles. The van der Waals surface area contributed by atoms with E-state index in [-0.39, 0.29) is 0 Å². The number of nitrogens with zero attached hydrogens (tertiary/aromatic N) is 4. The van der Waals surface area contributed by atoms with Crippen LogP contribution in [0.3, 0.4) is 0 Å². The van der Waals surface area contributed by atoms with Crippen LogP contribution in [0.5, 0.6) is 0 Å². The Morgan fingerprint density at radius 2 is 2.17 bits per heavy atom. The molecular formula is C17H17N5OS. The van der Waals surface area contributed by atoms with Crippen LogP contribution in [0.4, 0.5) is 5.95 Å². The van der Waals surface area contributed by atoms with Gasteiger partial charge in [-0.15, -0.1) is 21.5 Å². The Kier molecular flexibility index (Phi) is 3.87. The fourth-order valence-electron chi connectivity index (χ4n) is 2.70. The van der Waals surface area contributed by atoms with Crippen molar-refractivity contribution in [2.45, 2.75) is 6.92 Å². The number of nitrogens with one attached hydrogen (secondary N) is 1. The number of methoxy groups -OCH3 is 1. The molecule has 4 rings (SSSR count). The SMILES string of the molecule is COCCNc1nc2ccc(C)cc2c2nnc(-c3cccs3)n12. The topological polar surface area (TPSA) is 64.3 Å². The molecule has 0 atom stereocenters. The van der Waals surface area contributed by atoms with Gasteiger partial charge < -0.3 is 10.1 Å². The normalized spacial score (nSPS) is 11.4. The minimum atomic E-state index is 0.603. The summed E-state index contributed by atoms with van der Waals surface area (Å²) in [6.45, 7) is 3.33. The molecule has 7 heteroatoms. The van der Waals surface area contributed by atoms with Gasteiger partial charge in [0.25, 0.3) is 0 Å². The number of anilines is 1. The number of rotatable bonds is 5. The zero-order valence-electron chi connectivity index (χ0n) is 13.5. The summed E-state index contributed by atoms with van der Waals surface area (Å²) >= 11 is 1.64. The van der Waals surface area contributed by atoms with E-state index in [4.69, 9.17) is 9.72 Å². The average molecular weight is 339 g/mol. The Labute approximate surface area is 143 Å². The molecule has 3 aromatic heterocycles. The molecule has 0 aliphatic heterocycles. The molecule has 0 amide bonds. The summed E-state index contributed by atoms with van der Waals surface area (Å²) in [6, 6.07) is 10.2. The average Bonchev–Trinajstić information content (AvgIpc) is 3.24. The second-order valence-electron chi connectivity index (χ2n) is 5.54. The van der Waals surface area contributed by atoms with E-state index in [1.165, 1.54) is 5.56 Å². The summed E-state index contributed by atoms with van der Waals surface area (Å²) in [7, 11) is 1.68. The first-order chi connectivity index (χ1) is 11.8. The molecule has 1 N–H and O–H groups in total. The van der Waals surface area contributed by atoms with Gasteiger partial charge in [-0.1, -0.05) is 17.7 Å². The Morgan fingerprint density at radius 3 is 2.96 bits per heavy atom. The Bertz CT molecular complexity index is 993. The van der Waals surface area contributed by atoms with Crippen molar-refractivity contribution in [2.24, 2.45) is 0 Å². The number of thiophene rings is 1.